The van der Waals surface area contributed by atoms with Crippen molar-refractivity contribution in [2.45, 2.75) is 45.0 Å². The molecule has 2 aromatic carbocycles. The summed E-state index contributed by atoms with van der Waals surface area (Å²) in [5.41, 5.74) is 1.14. The van der Waals surface area contributed by atoms with E-state index < -0.39 is 0 Å². The summed E-state index contributed by atoms with van der Waals surface area (Å²) in [6.07, 6.45) is 0.818. The van der Waals surface area contributed by atoms with Gasteiger partial charge in [-0.05, 0) is 51.5 Å². The van der Waals surface area contributed by atoms with E-state index in [4.69, 9.17) is 9.47 Å². The van der Waals surface area contributed by atoms with Gasteiger partial charge in [0.2, 0.25) is 5.91 Å². The SMILES string of the molecule is CCOc1ccccc1NC(=O)CSc1nc2ccccc2c(=O)n1CCCOC(C)C. The third-order valence-electron chi connectivity index (χ3n) is 4.60. The molecule has 0 fully saturated rings. The van der Waals surface area contributed by atoms with Crippen LogP contribution >= 0.6 is 11.8 Å². The number of fused-ring (bicyclic) bond motifs is 1. The molecule has 0 aliphatic heterocycles. The number of aromatic nitrogens is 2. The van der Waals surface area contributed by atoms with Gasteiger partial charge in [-0.1, -0.05) is 36.0 Å². The number of carbonyl (C=O) groups is 1. The van der Waals surface area contributed by atoms with Crippen molar-refractivity contribution in [2.75, 3.05) is 24.3 Å². The van der Waals surface area contributed by atoms with Crippen LogP contribution in [0.25, 0.3) is 10.9 Å². The molecule has 1 N–H and O–H groups in total. The number of rotatable bonds is 11. The van der Waals surface area contributed by atoms with Crippen LogP contribution in [0.2, 0.25) is 0 Å². The van der Waals surface area contributed by atoms with E-state index in [0.717, 1.165) is 0 Å². The van der Waals surface area contributed by atoms with Gasteiger partial charge in [0.1, 0.15) is 5.75 Å². The minimum Gasteiger partial charge on any atom is -0.492 e. The predicted octanol–water partition coefficient (Wildman–Crippen LogP) is 4.34. The van der Waals surface area contributed by atoms with Crippen LogP contribution in [-0.2, 0) is 16.1 Å². The van der Waals surface area contributed by atoms with E-state index in [1.165, 1.54) is 11.8 Å². The molecule has 0 aliphatic carbocycles. The number of hydrogen-bond donors (Lipinski definition) is 1. The largest absolute Gasteiger partial charge is 0.492 e. The zero-order valence-electron chi connectivity index (χ0n) is 18.7. The second kappa shape index (κ2) is 11.7. The van der Waals surface area contributed by atoms with Gasteiger partial charge in [-0.3, -0.25) is 14.2 Å². The Kier molecular flexibility index (Phi) is 8.70. The first-order chi connectivity index (χ1) is 15.5. The summed E-state index contributed by atoms with van der Waals surface area (Å²) in [5, 5.41) is 3.97. The van der Waals surface area contributed by atoms with Crippen molar-refractivity contribution in [1.82, 2.24) is 9.55 Å². The zero-order chi connectivity index (χ0) is 22.9. The minimum absolute atomic E-state index is 0.107. The van der Waals surface area contributed by atoms with E-state index >= 15 is 0 Å². The lowest BCUT2D eigenvalue weighted by atomic mass is 10.2. The molecular formula is C24H29N3O4S. The fourth-order valence-electron chi connectivity index (χ4n) is 3.16. The smallest absolute Gasteiger partial charge is 0.262 e. The number of benzene rings is 2. The molecule has 0 saturated heterocycles. The first-order valence-corrected chi connectivity index (χ1v) is 11.7. The molecule has 1 aromatic heterocycles. The monoisotopic (exact) mass is 455 g/mol. The molecule has 32 heavy (non-hydrogen) atoms. The van der Waals surface area contributed by atoms with Crippen LogP contribution in [0.4, 0.5) is 5.69 Å². The summed E-state index contributed by atoms with van der Waals surface area (Å²) in [6.45, 7) is 7.39. The molecule has 0 atom stereocenters. The molecule has 3 rings (SSSR count). The second-order valence-electron chi connectivity index (χ2n) is 7.41. The Hall–Kier alpha value is -2.84. The van der Waals surface area contributed by atoms with Crippen molar-refractivity contribution >= 4 is 34.3 Å². The summed E-state index contributed by atoms with van der Waals surface area (Å²) < 4.78 is 12.8. The molecule has 3 aromatic rings. The summed E-state index contributed by atoms with van der Waals surface area (Å²) in [7, 11) is 0. The van der Waals surface area contributed by atoms with Gasteiger partial charge in [0.25, 0.3) is 5.56 Å². The Morgan fingerprint density at radius 3 is 2.69 bits per heavy atom. The Morgan fingerprint density at radius 1 is 1.16 bits per heavy atom. The van der Waals surface area contributed by atoms with Crippen molar-refractivity contribution in [3.8, 4) is 5.75 Å². The van der Waals surface area contributed by atoms with Crippen molar-refractivity contribution in [1.29, 1.82) is 0 Å². The maximum absolute atomic E-state index is 13.1. The molecule has 0 radical (unpaired) electrons. The highest BCUT2D eigenvalue weighted by Crippen LogP contribution is 2.24. The van der Waals surface area contributed by atoms with E-state index in [1.54, 1.807) is 16.7 Å². The molecule has 1 amide bonds. The van der Waals surface area contributed by atoms with Gasteiger partial charge in [-0.25, -0.2) is 4.98 Å². The molecule has 1 heterocycles. The Labute approximate surface area is 192 Å². The van der Waals surface area contributed by atoms with E-state index in [9.17, 15) is 9.59 Å². The molecule has 0 unspecified atom stereocenters. The normalized spacial score (nSPS) is 11.1. The summed E-state index contributed by atoms with van der Waals surface area (Å²) in [6, 6.07) is 14.6. The quantitative estimate of drug-likeness (QED) is 0.263. The fraction of sp³-hybridized carbons (Fsp3) is 0.375. The van der Waals surface area contributed by atoms with Gasteiger partial charge in [0, 0.05) is 13.2 Å². The molecule has 0 saturated carbocycles. The maximum atomic E-state index is 13.1. The standard InChI is InChI=1S/C24H29N3O4S/c1-4-30-21-13-8-7-12-20(21)25-22(28)16-32-24-26-19-11-6-5-10-18(19)23(29)27(24)14-9-15-31-17(2)3/h5-8,10-13,17H,4,9,14-16H2,1-3H3,(H,25,28). The second-order valence-corrected chi connectivity index (χ2v) is 8.35. The van der Waals surface area contributed by atoms with Crippen LogP contribution < -0.4 is 15.6 Å². The first kappa shape index (κ1) is 23.8. The average molecular weight is 456 g/mol. The number of ether oxygens (including phenoxy) is 2. The molecule has 0 aliphatic rings. The number of anilines is 1. The molecule has 8 heteroatoms. The molecule has 0 bridgehead atoms. The first-order valence-electron chi connectivity index (χ1n) is 10.7. The number of carbonyl (C=O) groups excluding carboxylic acids is 1. The summed E-state index contributed by atoms with van der Waals surface area (Å²) in [4.78, 5) is 30.4. The lowest BCUT2D eigenvalue weighted by molar-refractivity contribution is -0.113. The topological polar surface area (TPSA) is 82.5 Å². The third-order valence-corrected chi connectivity index (χ3v) is 5.57. The van der Waals surface area contributed by atoms with Crippen LogP contribution in [0.1, 0.15) is 27.2 Å². The molecule has 170 valence electrons. The van der Waals surface area contributed by atoms with Crippen LogP contribution in [-0.4, -0.2) is 40.5 Å². The molecule has 7 nitrogen and oxygen atoms in total. The summed E-state index contributed by atoms with van der Waals surface area (Å²) in [5.74, 6) is 0.548. The van der Waals surface area contributed by atoms with E-state index in [-0.39, 0.29) is 23.3 Å². The van der Waals surface area contributed by atoms with Crippen LogP contribution in [0.15, 0.2) is 58.5 Å². The van der Waals surface area contributed by atoms with E-state index in [1.807, 2.05) is 57.2 Å². The van der Waals surface area contributed by atoms with E-state index in [2.05, 4.69) is 10.3 Å². The third kappa shape index (κ3) is 6.34. The highest BCUT2D eigenvalue weighted by molar-refractivity contribution is 7.99. The zero-order valence-corrected chi connectivity index (χ0v) is 19.5. The lowest BCUT2D eigenvalue weighted by Crippen LogP contribution is -2.25. The van der Waals surface area contributed by atoms with Gasteiger partial charge in [0.05, 0.1) is 35.1 Å². The summed E-state index contributed by atoms with van der Waals surface area (Å²) >= 11 is 1.25. The number of hydrogen-bond acceptors (Lipinski definition) is 6. The number of para-hydroxylation sites is 3. The van der Waals surface area contributed by atoms with Gasteiger partial charge in [-0.2, -0.15) is 0 Å². The van der Waals surface area contributed by atoms with Gasteiger partial charge >= 0.3 is 0 Å². The van der Waals surface area contributed by atoms with E-state index in [0.29, 0.717) is 53.7 Å². The van der Waals surface area contributed by atoms with Gasteiger partial charge in [-0.15, -0.1) is 0 Å². The molecule has 0 spiro atoms. The Bertz CT molecular complexity index is 1110. The average Bonchev–Trinajstić information content (AvgIpc) is 2.78. The van der Waals surface area contributed by atoms with Gasteiger partial charge < -0.3 is 14.8 Å². The Morgan fingerprint density at radius 2 is 1.91 bits per heavy atom. The van der Waals surface area contributed by atoms with Crippen LogP contribution in [0.3, 0.4) is 0 Å². The van der Waals surface area contributed by atoms with Crippen molar-refractivity contribution in [2.24, 2.45) is 0 Å². The van der Waals surface area contributed by atoms with Gasteiger partial charge in [0.15, 0.2) is 5.16 Å². The highest BCUT2D eigenvalue weighted by atomic mass is 32.2. The fourth-order valence-corrected chi connectivity index (χ4v) is 3.99. The van der Waals surface area contributed by atoms with Crippen LogP contribution in [0.5, 0.6) is 5.75 Å². The molecular weight excluding hydrogens is 426 g/mol. The number of amides is 1. The maximum Gasteiger partial charge on any atom is 0.262 e. The number of nitrogens with zero attached hydrogens (tertiary/aromatic N) is 2. The minimum atomic E-state index is -0.195. The van der Waals surface area contributed by atoms with Crippen molar-refractivity contribution in [3.63, 3.8) is 0 Å². The number of thioether (sulfide) groups is 1. The lowest BCUT2D eigenvalue weighted by Gasteiger charge is -2.14. The Balaban J connectivity index is 1.76. The van der Waals surface area contributed by atoms with Crippen LogP contribution in [0, 0.1) is 0 Å². The number of nitrogens with one attached hydrogen (secondary N) is 1. The van der Waals surface area contributed by atoms with Crippen molar-refractivity contribution in [3.05, 3.63) is 58.9 Å². The highest BCUT2D eigenvalue weighted by Gasteiger charge is 2.14. The predicted molar refractivity (Wildman–Crippen MR) is 129 cm³/mol. The van der Waals surface area contributed by atoms with Crippen molar-refractivity contribution < 1.29 is 14.3 Å².